The third-order valence-corrected chi connectivity index (χ3v) is 7.52. The van der Waals surface area contributed by atoms with Gasteiger partial charge in [0.1, 0.15) is 11.9 Å². The van der Waals surface area contributed by atoms with Crippen molar-refractivity contribution in [2.45, 2.75) is 44.8 Å². The van der Waals surface area contributed by atoms with Gasteiger partial charge in [-0.2, -0.15) is 5.10 Å². The number of rotatable bonds is 6. The Morgan fingerprint density at radius 1 is 1.17 bits per heavy atom. The summed E-state index contributed by atoms with van der Waals surface area (Å²) in [6.45, 7) is 3.54. The van der Waals surface area contributed by atoms with E-state index in [4.69, 9.17) is 33.7 Å². The number of hydrogen-bond donors (Lipinski definition) is 1. The first-order valence-electron chi connectivity index (χ1n) is 11.9. The minimum Gasteiger partial charge on any atom is -0.482 e. The van der Waals surface area contributed by atoms with Crippen LogP contribution in [0.4, 0.5) is 10.2 Å². The van der Waals surface area contributed by atoms with E-state index in [0.717, 1.165) is 49.2 Å². The standard InChI is InChI=1S/C26H26Cl2FN5O2/c1-15(24-21(27)4-5-22(29)25(24)28)36-23-10-16(12-31-26(23)30)17-13-32-34(14-17)18-6-8-33(9-7-18)19-2-3-20(35)11-19/h4-5,10-15,18H,2-3,6-9H2,1H3,(H2,30,31)/t15-/m1/s1. The van der Waals surface area contributed by atoms with Crippen LogP contribution in [0.1, 0.15) is 50.3 Å². The molecule has 1 aliphatic heterocycles. The van der Waals surface area contributed by atoms with Gasteiger partial charge in [-0.1, -0.05) is 23.2 Å². The second-order valence-electron chi connectivity index (χ2n) is 9.15. The van der Waals surface area contributed by atoms with Crippen LogP contribution in [0.2, 0.25) is 10.0 Å². The van der Waals surface area contributed by atoms with Crippen LogP contribution in [-0.4, -0.2) is 38.5 Å². The van der Waals surface area contributed by atoms with Crippen LogP contribution < -0.4 is 10.5 Å². The molecule has 0 radical (unpaired) electrons. The number of anilines is 1. The van der Waals surface area contributed by atoms with E-state index in [9.17, 15) is 9.18 Å². The number of carbonyl (C=O) groups is 1. The molecule has 3 heterocycles. The Morgan fingerprint density at radius 3 is 2.67 bits per heavy atom. The predicted molar refractivity (Wildman–Crippen MR) is 138 cm³/mol. The summed E-state index contributed by atoms with van der Waals surface area (Å²) in [5, 5.41) is 4.82. The third kappa shape index (κ3) is 4.92. The minimum atomic E-state index is -0.654. The number of nitrogen functional groups attached to an aromatic ring is 1. The quantitative estimate of drug-likeness (QED) is 0.394. The number of piperidine rings is 1. The van der Waals surface area contributed by atoms with Gasteiger partial charge in [-0.25, -0.2) is 9.37 Å². The van der Waals surface area contributed by atoms with Gasteiger partial charge in [-0.15, -0.1) is 0 Å². The lowest BCUT2D eigenvalue weighted by Crippen LogP contribution is -2.33. The molecule has 3 aromatic rings. The van der Waals surface area contributed by atoms with Crippen LogP contribution in [0.25, 0.3) is 11.1 Å². The van der Waals surface area contributed by atoms with Crippen molar-refractivity contribution >= 4 is 34.8 Å². The summed E-state index contributed by atoms with van der Waals surface area (Å²) in [5.41, 5.74) is 9.25. The van der Waals surface area contributed by atoms with Gasteiger partial charge in [0.05, 0.1) is 17.3 Å². The summed E-state index contributed by atoms with van der Waals surface area (Å²) in [4.78, 5) is 18.2. The van der Waals surface area contributed by atoms with Gasteiger partial charge in [-0.3, -0.25) is 9.48 Å². The molecule has 2 aliphatic rings. The van der Waals surface area contributed by atoms with Crippen molar-refractivity contribution in [1.29, 1.82) is 0 Å². The molecule has 1 atom stereocenters. The number of hydrogen-bond acceptors (Lipinski definition) is 6. The highest BCUT2D eigenvalue weighted by atomic mass is 35.5. The lowest BCUT2D eigenvalue weighted by Gasteiger charge is -2.34. The fraction of sp³-hybridized carbons (Fsp3) is 0.346. The summed E-state index contributed by atoms with van der Waals surface area (Å²) in [5.74, 6) is 0.199. The molecule has 0 unspecified atom stereocenters. The van der Waals surface area contributed by atoms with Gasteiger partial charge in [-0.05, 0) is 44.4 Å². The minimum absolute atomic E-state index is 0.0826. The molecular weight excluding hydrogens is 504 g/mol. The van der Waals surface area contributed by atoms with Crippen LogP contribution in [0.15, 0.2) is 48.6 Å². The van der Waals surface area contributed by atoms with Gasteiger partial charge in [0.15, 0.2) is 17.4 Å². The highest BCUT2D eigenvalue weighted by molar-refractivity contribution is 6.36. The number of benzene rings is 1. The molecule has 1 fully saturated rings. The van der Waals surface area contributed by atoms with E-state index in [1.807, 2.05) is 10.9 Å². The Morgan fingerprint density at radius 2 is 1.94 bits per heavy atom. The Kier molecular flexibility index (Phi) is 6.90. The summed E-state index contributed by atoms with van der Waals surface area (Å²) in [6, 6.07) is 4.72. The average molecular weight is 530 g/mol. The van der Waals surface area contributed by atoms with E-state index >= 15 is 0 Å². The first-order chi connectivity index (χ1) is 17.3. The summed E-state index contributed by atoms with van der Waals surface area (Å²) in [7, 11) is 0. The fourth-order valence-electron chi connectivity index (χ4n) is 4.81. The van der Waals surface area contributed by atoms with Crippen LogP contribution in [-0.2, 0) is 4.79 Å². The van der Waals surface area contributed by atoms with Crippen molar-refractivity contribution in [2.24, 2.45) is 0 Å². The number of ketones is 1. The zero-order chi connectivity index (χ0) is 25.4. The van der Waals surface area contributed by atoms with Crippen LogP contribution >= 0.6 is 23.2 Å². The van der Waals surface area contributed by atoms with E-state index < -0.39 is 11.9 Å². The van der Waals surface area contributed by atoms with E-state index in [0.29, 0.717) is 22.8 Å². The summed E-state index contributed by atoms with van der Waals surface area (Å²) >= 11 is 12.4. The molecule has 0 spiro atoms. The van der Waals surface area contributed by atoms with Crippen molar-refractivity contribution in [2.75, 3.05) is 18.8 Å². The van der Waals surface area contributed by atoms with Crippen LogP contribution in [0.5, 0.6) is 5.75 Å². The van der Waals surface area contributed by atoms with E-state index in [-0.39, 0.29) is 22.7 Å². The molecule has 1 aliphatic carbocycles. The van der Waals surface area contributed by atoms with E-state index in [2.05, 4.69) is 15.0 Å². The number of aromatic nitrogens is 3. The zero-order valence-electron chi connectivity index (χ0n) is 19.8. The van der Waals surface area contributed by atoms with Gasteiger partial charge < -0.3 is 15.4 Å². The maximum Gasteiger partial charge on any atom is 0.166 e. The molecule has 10 heteroatoms. The smallest absolute Gasteiger partial charge is 0.166 e. The highest BCUT2D eigenvalue weighted by Crippen LogP contribution is 2.37. The number of carbonyl (C=O) groups excluding carboxylic acids is 1. The average Bonchev–Trinajstić information content (AvgIpc) is 3.53. The molecule has 5 rings (SSSR count). The molecule has 1 aromatic carbocycles. The van der Waals surface area contributed by atoms with Crippen LogP contribution in [0.3, 0.4) is 0 Å². The molecule has 188 valence electrons. The molecule has 2 N–H and O–H groups in total. The Balaban J connectivity index is 1.29. The van der Waals surface area contributed by atoms with Crippen molar-refractivity contribution in [3.8, 4) is 16.9 Å². The Labute approximate surface area is 218 Å². The number of allylic oxidation sites excluding steroid dienone is 2. The van der Waals surface area contributed by atoms with Gasteiger partial charge >= 0.3 is 0 Å². The molecule has 36 heavy (non-hydrogen) atoms. The largest absolute Gasteiger partial charge is 0.482 e. The maximum absolute atomic E-state index is 14.0. The number of nitrogens with two attached hydrogens (primary N) is 1. The molecule has 1 saturated heterocycles. The van der Waals surface area contributed by atoms with E-state index in [1.54, 1.807) is 31.5 Å². The zero-order valence-corrected chi connectivity index (χ0v) is 21.3. The van der Waals surface area contributed by atoms with Gasteiger partial charge in [0.25, 0.3) is 0 Å². The second-order valence-corrected chi connectivity index (χ2v) is 9.94. The lowest BCUT2D eigenvalue weighted by molar-refractivity contribution is -0.114. The topological polar surface area (TPSA) is 86.3 Å². The summed E-state index contributed by atoms with van der Waals surface area (Å²) < 4.78 is 22.0. The monoisotopic (exact) mass is 529 g/mol. The highest BCUT2D eigenvalue weighted by Gasteiger charge is 2.25. The molecular formula is C26H26Cl2FN5O2. The number of halogens is 3. The number of nitrogens with zero attached hydrogens (tertiary/aromatic N) is 4. The first kappa shape index (κ1) is 24.6. The predicted octanol–water partition coefficient (Wildman–Crippen LogP) is 6.00. The summed E-state index contributed by atoms with van der Waals surface area (Å²) in [6.07, 6.45) is 9.98. The SMILES string of the molecule is C[C@@H](Oc1cc(-c2cnn(C3CCN(C4=CC(=O)CC4)CC3)c2)cnc1N)c1c(Cl)ccc(F)c1Cl. The van der Waals surface area contributed by atoms with Crippen LogP contribution in [0, 0.1) is 5.82 Å². The lowest BCUT2D eigenvalue weighted by atomic mass is 10.0. The maximum atomic E-state index is 14.0. The third-order valence-electron chi connectivity index (χ3n) is 6.81. The molecule has 0 amide bonds. The number of likely N-dealkylation sites (tertiary alicyclic amines) is 1. The fourth-order valence-corrected chi connectivity index (χ4v) is 5.49. The van der Waals surface area contributed by atoms with Crippen molar-refractivity contribution in [3.05, 3.63) is 70.0 Å². The molecule has 0 bridgehead atoms. The number of ether oxygens (including phenoxy) is 1. The Hall–Kier alpha value is -3.10. The molecule has 2 aromatic heterocycles. The second kappa shape index (κ2) is 10.1. The molecule has 0 saturated carbocycles. The number of pyridine rings is 1. The molecule has 7 nitrogen and oxygen atoms in total. The first-order valence-corrected chi connectivity index (χ1v) is 12.6. The van der Waals surface area contributed by atoms with Gasteiger partial charge in [0.2, 0.25) is 0 Å². The normalized spacial score (nSPS) is 17.4. The Bertz CT molecular complexity index is 1330. The van der Waals surface area contributed by atoms with Crippen molar-refractivity contribution in [1.82, 2.24) is 19.7 Å². The van der Waals surface area contributed by atoms with Crippen molar-refractivity contribution < 1.29 is 13.9 Å². The van der Waals surface area contributed by atoms with E-state index in [1.165, 1.54) is 12.1 Å². The van der Waals surface area contributed by atoms with Gasteiger partial charge in [0, 0.05) is 65.4 Å². The van der Waals surface area contributed by atoms with Crippen molar-refractivity contribution in [3.63, 3.8) is 0 Å².